The van der Waals surface area contributed by atoms with Crippen molar-refractivity contribution in [1.82, 2.24) is 15.5 Å². The van der Waals surface area contributed by atoms with E-state index < -0.39 is 0 Å². The number of nitrogens with zero attached hydrogens (tertiary/aromatic N) is 3. The zero-order valence-electron chi connectivity index (χ0n) is 32.5. The summed E-state index contributed by atoms with van der Waals surface area (Å²) >= 11 is 6.96. The predicted molar refractivity (Wildman–Crippen MR) is 218 cm³/mol. The molecular weight excluding hydrogens is 722 g/mol. The van der Waals surface area contributed by atoms with Crippen molar-refractivity contribution in [2.45, 2.75) is 103 Å². The summed E-state index contributed by atoms with van der Waals surface area (Å²) in [4.78, 5) is 14.3. The number of halogens is 1. The number of fused-ring (bicyclic) bond motifs is 1. The molecule has 290 valence electrons. The zero-order chi connectivity index (χ0) is 39.2. The number of ether oxygens (including phenoxy) is 3. The molecule has 0 radical (unpaired) electrons. The molecule has 4 aromatic rings. The van der Waals surface area contributed by atoms with E-state index in [0.29, 0.717) is 71.4 Å². The molecule has 2 N–H and O–H groups in total. The van der Waals surface area contributed by atoms with Gasteiger partial charge >= 0.3 is 0 Å². The van der Waals surface area contributed by atoms with Crippen LogP contribution in [0.25, 0.3) is 11.1 Å². The van der Waals surface area contributed by atoms with Crippen LogP contribution in [0.5, 0.6) is 17.2 Å². The molecule has 4 atom stereocenters. The second-order valence-electron chi connectivity index (χ2n) is 15.4. The normalized spacial score (nSPS) is 20.5. The monoisotopic (exact) mass is 771 g/mol. The van der Waals surface area contributed by atoms with Gasteiger partial charge < -0.3 is 24.8 Å². The van der Waals surface area contributed by atoms with E-state index in [2.05, 4.69) is 84.8 Å². The zero-order valence-corrected chi connectivity index (χ0v) is 33.3. The van der Waals surface area contributed by atoms with Crippen molar-refractivity contribution in [2.24, 2.45) is 0 Å². The lowest BCUT2D eigenvalue weighted by molar-refractivity contribution is -0.122. The fourth-order valence-corrected chi connectivity index (χ4v) is 8.72. The van der Waals surface area contributed by atoms with Crippen LogP contribution in [0.2, 0.25) is 5.02 Å². The van der Waals surface area contributed by atoms with E-state index in [0.717, 1.165) is 54.7 Å². The maximum Gasteiger partial charge on any atom is 0.220 e. The Kier molecular flexibility index (Phi) is 12.5. The minimum Gasteiger partial charge on any atom is -0.493 e. The van der Waals surface area contributed by atoms with Gasteiger partial charge in [0.2, 0.25) is 5.91 Å². The summed E-state index contributed by atoms with van der Waals surface area (Å²) in [7, 11) is 0. The highest BCUT2D eigenvalue weighted by Crippen LogP contribution is 2.44. The number of carbonyl (C=O) groups is 1. The summed E-state index contributed by atoms with van der Waals surface area (Å²) < 4.78 is 19.5. The maximum atomic E-state index is 11.7. The number of hydrogen-bond donors (Lipinski definition) is 2. The molecule has 4 aromatic carbocycles. The first kappa shape index (κ1) is 39.2. The lowest BCUT2D eigenvalue weighted by atomic mass is 9.93. The number of benzene rings is 4. The van der Waals surface area contributed by atoms with Crippen LogP contribution in [-0.4, -0.2) is 48.6 Å². The SMILES string of the molecule is Cc1c(OCCCN2C(C)CCC2C)cccc1-c1cccc2c1CC[C@@H]2Oc1cc(OCc2cc(C#N)cc(C#N)c2)c(CN[C@H]2CCC(=O)NC2)cc1Cl. The molecule has 7 rings (SSSR count). The highest BCUT2D eigenvalue weighted by atomic mass is 35.5. The van der Waals surface area contributed by atoms with Gasteiger partial charge in [-0.1, -0.05) is 41.9 Å². The molecule has 2 unspecified atom stereocenters. The van der Waals surface area contributed by atoms with Gasteiger partial charge in [0.15, 0.2) is 0 Å². The van der Waals surface area contributed by atoms with Gasteiger partial charge in [0.05, 0.1) is 34.9 Å². The first-order valence-electron chi connectivity index (χ1n) is 19.9. The van der Waals surface area contributed by atoms with E-state index in [1.54, 1.807) is 18.2 Å². The number of hydrogen-bond acceptors (Lipinski definition) is 8. The highest BCUT2D eigenvalue weighted by molar-refractivity contribution is 6.32. The first-order valence-corrected chi connectivity index (χ1v) is 20.2. The Morgan fingerprint density at radius 3 is 2.36 bits per heavy atom. The number of carbonyl (C=O) groups excluding carboxylic acids is 1. The average Bonchev–Trinajstić information content (AvgIpc) is 3.77. The van der Waals surface area contributed by atoms with Crippen LogP contribution >= 0.6 is 11.6 Å². The Morgan fingerprint density at radius 2 is 1.62 bits per heavy atom. The Bertz CT molecular complexity index is 2110. The van der Waals surface area contributed by atoms with Gasteiger partial charge in [-0.2, -0.15) is 10.5 Å². The molecule has 0 bridgehead atoms. The number of likely N-dealkylation sites (tertiary alicyclic amines) is 1. The van der Waals surface area contributed by atoms with Crippen molar-refractivity contribution in [3.8, 4) is 40.5 Å². The standard InChI is InChI=1S/C46H50ClN5O4/c1-29-11-12-30(2)52(29)17-6-18-54-42-10-5-7-37(31(42)3)38-8-4-9-40-39(38)14-15-43(40)56-45-23-44(55-28-34-20-32(24-48)19-33(21-34)25-49)35(22-41(45)47)26-50-36-13-16-46(53)51-27-36/h4-5,7-10,19-23,29-30,36,43,50H,6,11-18,26-28H2,1-3H3,(H,51,53)/t29?,30?,36-,43-/m0/s1. The molecule has 1 amide bonds. The summed E-state index contributed by atoms with van der Waals surface area (Å²) in [6.45, 7) is 9.73. The molecule has 2 fully saturated rings. The largest absolute Gasteiger partial charge is 0.493 e. The van der Waals surface area contributed by atoms with Crippen LogP contribution in [0.3, 0.4) is 0 Å². The molecule has 1 aliphatic carbocycles. The highest BCUT2D eigenvalue weighted by Gasteiger charge is 2.29. The van der Waals surface area contributed by atoms with Crippen molar-refractivity contribution in [3.05, 3.63) is 111 Å². The molecular formula is C46H50ClN5O4. The molecule has 0 aromatic heterocycles. The van der Waals surface area contributed by atoms with Crippen LogP contribution in [0, 0.1) is 29.6 Å². The quantitative estimate of drug-likeness (QED) is 0.122. The number of amides is 1. The topological polar surface area (TPSA) is 120 Å². The maximum absolute atomic E-state index is 11.7. The molecule has 0 saturated carbocycles. The molecule has 3 aliphatic rings. The smallest absolute Gasteiger partial charge is 0.220 e. The summed E-state index contributed by atoms with van der Waals surface area (Å²) in [6, 6.07) is 27.2. The van der Waals surface area contributed by atoms with Gasteiger partial charge in [-0.05, 0) is 123 Å². The number of piperidine rings is 1. The predicted octanol–water partition coefficient (Wildman–Crippen LogP) is 8.71. The Balaban J connectivity index is 1.08. The van der Waals surface area contributed by atoms with Crippen LogP contribution in [0.15, 0.2) is 66.7 Å². The van der Waals surface area contributed by atoms with Crippen molar-refractivity contribution >= 4 is 17.5 Å². The van der Waals surface area contributed by atoms with Gasteiger partial charge in [0, 0.05) is 55.8 Å². The number of nitriles is 2. The van der Waals surface area contributed by atoms with E-state index in [9.17, 15) is 15.3 Å². The van der Waals surface area contributed by atoms with Crippen LogP contribution in [-0.2, 0) is 24.4 Å². The second-order valence-corrected chi connectivity index (χ2v) is 15.8. The first-order chi connectivity index (χ1) is 27.2. The second kappa shape index (κ2) is 17.8. The fraction of sp³-hybridized carbons (Fsp3) is 0.413. The lowest BCUT2D eigenvalue weighted by Gasteiger charge is -2.25. The van der Waals surface area contributed by atoms with E-state index in [1.165, 1.54) is 29.5 Å². The summed E-state index contributed by atoms with van der Waals surface area (Å²) in [5.74, 6) is 2.10. The Labute approximate surface area is 335 Å². The van der Waals surface area contributed by atoms with Crippen molar-refractivity contribution in [2.75, 3.05) is 19.7 Å². The van der Waals surface area contributed by atoms with Crippen LogP contribution < -0.4 is 24.8 Å². The molecule has 2 heterocycles. The number of rotatable bonds is 14. The molecule has 2 saturated heterocycles. The van der Waals surface area contributed by atoms with E-state index in [4.69, 9.17) is 25.8 Å². The summed E-state index contributed by atoms with van der Waals surface area (Å²) in [5, 5.41) is 26.0. The van der Waals surface area contributed by atoms with Crippen molar-refractivity contribution < 1.29 is 19.0 Å². The van der Waals surface area contributed by atoms with Gasteiger partial charge in [-0.25, -0.2) is 0 Å². The minimum absolute atomic E-state index is 0.0642. The van der Waals surface area contributed by atoms with E-state index in [1.807, 2.05) is 12.1 Å². The van der Waals surface area contributed by atoms with E-state index >= 15 is 0 Å². The molecule has 0 spiro atoms. The third kappa shape index (κ3) is 8.98. The summed E-state index contributed by atoms with van der Waals surface area (Å²) in [5.41, 5.74) is 8.26. The third-order valence-electron chi connectivity index (χ3n) is 11.6. The number of nitrogens with one attached hydrogen (secondary N) is 2. The minimum atomic E-state index is -0.203. The van der Waals surface area contributed by atoms with Gasteiger partial charge in [-0.3, -0.25) is 9.69 Å². The van der Waals surface area contributed by atoms with Gasteiger partial charge in [0.25, 0.3) is 0 Å². The fourth-order valence-electron chi connectivity index (χ4n) is 8.49. The van der Waals surface area contributed by atoms with E-state index in [-0.39, 0.29) is 24.7 Å². The summed E-state index contributed by atoms with van der Waals surface area (Å²) in [6.07, 6.45) is 6.24. The van der Waals surface area contributed by atoms with Crippen LogP contribution in [0.4, 0.5) is 0 Å². The van der Waals surface area contributed by atoms with Crippen molar-refractivity contribution in [3.63, 3.8) is 0 Å². The Hall–Kier alpha value is -5.06. The van der Waals surface area contributed by atoms with Gasteiger partial charge in [-0.15, -0.1) is 0 Å². The Morgan fingerprint density at radius 1 is 0.875 bits per heavy atom. The van der Waals surface area contributed by atoms with Crippen molar-refractivity contribution in [1.29, 1.82) is 10.5 Å². The van der Waals surface area contributed by atoms with Gasteiger partial charge in [0.1, 0.15) is 30.0 Å². The molecule has 10 heteroatoms. The molecule has 2 aliphatic heterocycles. The third-order valence-corrected chi connectivity index (χ3v) is 11.9. The average molecular weight is 772 g/mol. The lowest BCUT2D eigenvalue weighted by Crippen LogP contribution is -2.45. The van der Waals surface area contributed by atoms with Crippen LogP contribution in [0.1, 0.15) is 97.4 Å². The molecule has 9 nitrogen and oxygen atoms in total. The molecule has 56 heavy (non-hydrogen) atoms.